The van der Waals surface area contributed by atoms with Crippen molar-refractivity contribution in [2.24, 2.45) is 0 Å². The maximum Gasteiger partial charge on any atom is 0.126 e. The Balaban J connectivity index is 2.25. The molecule has 0 aliphatic heterocycles. The molecule has 2 heteroatoms. The van der Waals surface area contributed by atoms with Crippen LogP contribution >= 0.6 is 0 Å². The van der Waals surface area contributed by atoms with Crippen molar-refractivity contribution < 1.29 is 4.74 Å². The fourth-order valence-corrected chi connectivity index (χ4v) is 1.48. The van der Waals surface area contributed by atoms with E-state index in [4.69, 9.17) is 4.74 Å². The highest BCUT2D eigenvalue weighted by atomic mass is 16.5. The molecule has 13 heavy (non-hydrogen) atoms. The molecule has 1 saturated carbocycles. The van der Waals surface area contributed by atoms with E-state index in [1.165, 1.54) is 18.4 Å². The summed E-state index contributed by atoms with van der Waals surface area (Å²) in [6, 6.07) is 1.98. The van der Waals surface area contributed by atoms with E-state index in [-0.39, 0.29) is 0 Å². The molecule has 1 aliphatic rings. The molecule has 2 nitrogen and oxygen atoms in total. The van der Waals surface area contributed by atoms with Gasteiger partial charge in [-0.1, -0.05) is 6.92 Å². The number of hydrogen-bond donors (Lipinski definition) is 0. The predicted molar refractivity (Wildman–Crippen MR) is 52.0 cm³/mol. The lowest BCUT2D eigenvalue weighted by Gasteiger charge is -2.10. The average Bonchev–Trinajstić information content (AvgIpc) is 2.89. The molecular weight excluding hydrogens is 162 g/mol. The van der Waals surface area contributed by atoms with Crippen molar-refractivity contribution in [1.82, 2.24) is 4.98 Å². The van der Waals surface area contributed by atoms with Crippen molar-refractivity contribution in [2.45, 2.75) is 39.2 Å². The molecule has 0 saturated heterocycles. The molecule has 0 spiro atoms. The third-order valence-corrected chi connectivity index (χ3v) is 2.40. The summed E-state index contributed by atoms with van der Waals surface area (Å²) in [5.74, 6) is 1.04. The molecule has 0 bridgehead atoms. The fourth-order valence-electron chi connectivity index (χ4n) is 1.48. The molecule has 70 valence electrons. The van der Waals surface area contributed by atoms with E-state index in [9.17, 15) is 0 Å². The van der Waals surface area contributed by atoms with Gasteiger partial charge >= 0.3 is 0 Å². The van der Waals surface area contributed by atoms with E-state index in [0.29, 0.717) is 6.10 Å². The molecular formula is C11H15NO. The summed E-state index contributed by atoms with van der Waals surface area (Å²) in [5, 5.41) is 0. The first kappa shape index (κ1) is 8.54. The third kappa shape index (κ3) is 1.82. The SMILES string of the molecule is CCc1c(OC2CC2)ccnc1C. The van der Waals surface area contributed by atoms with Gasteiger partial charge in [-0.15, -0.1) is 0 Å². The highest BCUT2D eigenvalue weighted by molar-refractivity contribution is 5.35. The Morgan fingerprint density at radius 1 is 1.54 bits per heavy atom. The first-order chi connectivity index (χ1) is 6.31. The first-order valence-electron chi connectivity index (χ1n) is 4.92. The molecule has 0 aromatic carbocycles. The lowest BCUT2D eigenvalue weighted by molar-refractivity contribution is 0.299. The Morgan fingerprint density at radius 2 is 2.31 bits per heavy atom. The Hall–Kier alpha value is -1.05. The van der Waals surface area contributed by atoms with Crippen LogP contribution in [-0.4, -0.2) is 11.1 Å². The Labute approximate surface area is 78.9 Å². The number of hydrogen-bond acceptors (Lipinski definition) is 2. The standard InChI is InChI=1S/C11H15NO/c1-3-10-8(2)12-7-6-11(10)13-9-4-5-9/h6-7,9H,3-5H2,1-2H3. The van der Waals surface area contributed by atoms with E-state index in [1.807, 2.05) is 19.2 Å². The number of nitrogens with zero attached hydrogens (tertiary/aromatic N) is 1. The number of aryl methyl sites for hydroxylation is 1. The van der Waals surface area contributed by atoms with Crippen LogP contribution < -0.4 is 4.74 Å². The lowest BCUT2D eigenvalue weighted by Crippen LogP contribution is -2.01. The van der Waals surface area contributed by atoms with Gasteiger partial charge in [0.2, 0.25) is 0 Å². The van der Waals surface area contributed by atoms with Crippen LogP contribution in [0.3, 0.4) is 0 Å². The van der Waals surface area contributed by atoms with E-state index >= 15 is 0 Å². The van der Waals surface area contributed by atoms with Crippen molar-refractivity contribution in [2.75, 3.05) is 0 Å². The van der Waals surface area contributed by atoms with Gasteiger partial charge in [0.25, 0.3) is 0 Å². The van der Waals surface area contributed by atoms with Crippen molar-refractivity contribution in [3.05, 3.63) is 23.5 Å². The zero-order chi connectivity index (χ0) is 9.26. The minimum absolute atomic E-state index is 0.479. The summed E-state index contributed by atoms with van der Waals surface area (Å²) < 4.78 is 5.79. The number of ether oxygens (including phenoxy) is 1. The molecule has 0 radical (unpaired) electrons. The Kier molecular flexibility index (Phi) is 2.21. The zero-order valence-corrected chi connectivity index (χ0v) is 8.21. The second-order valence-electron chi connectivity index (χ2n) is 3.54. The molecule has 1 aliphatic carbocycles. The normalized spacial score (nSPS) is 15.8. The second-order valence-corrected chi connectivity index (χ2v) is 3.54. The molecule has 1 aromatic rings. The maximum atomic E-state index is 5.79. The summed E-state index contributed by atoms with van der Waals surface area (Å²) in [7, 11) is 0. The smallest absolute Gasteiger partial charge is 0.126 e. The highest BCUT2D eigenvalue weighted by Crippen LogP contribution is 2.29. The van der Waals surface area contributed by atoms with Crippen LogP contribution in [0.25, 0.3) is 0 Å². The van der Waals surface area contributed by atoms with Crippen LogP contribution in [0.5, 0.6) is 5.75 Å². The van der Waals surface area contributed by atoms with Crippen LogP contribution in [0.2, 0.25) is 0 Å². The van der Waals surface area contributed by atoms with Crippen molar-refractivity contribution in [3.63, 3.8) is 0 Å². The van der Waals surface area contributed by atoms with Crippen molar-refractivity contribution >= 4 is 0 Å². The zero-order valence-electron chi connectivity index (χ0n) is 8.21. The monoisotopic (exact) mass is 177 g/mol. The Morgan fingerprint density at radius 3 is 2.92 bits per heavy atom. The lowest BCUT2D eigenvalue weighted by atomic mass is 10.1. The van der Waals surface area contributed by atoms with Gasteiger partial charge in [0.05, 0.1) is 6.10 Å². The fraction of sp³-hybridized carbons (Fsp3) is 0.545. The van der Waals surface area contributed by atoms with Gasteiger partial charge in [-0.2, -0.15) is 0 Å². The van der Waals surface area contributed by atoms with Crippen LogP contribution in [0, 0.1) is 6.92 Å². The van der Waals surface area contributed by atoms with E-state index < -0.39 is 0 Å². The van der Waals surface area contributed by atoms with Gasteiger partial charge < -0.3 is 4.74 Å². The van der Waals surface area contributed by atoms with Crippen molar-refractivity contribution in [1.29, 1.82) is 0 Å². The molecule has 1 aromatic heterocycles. The topological polar surface area (TPSA) is 22.1 Å². The largest absolute Gasteiger partial charge is 0.490 e. The molecule has 0 atom stereocenters. The highest BCUT2D eigenvalue weighted by Gasteiger charge is 2.24. The molecule has 1 fully saturated rings. The van der Waals surface area contributed by atoms with Crippen LogP contribution in [0.1, 0.15) is 31.0 Å². The minimum Gasteiger partial charge on any atom is -0.490 e. The number of rotatable bonds is 3. The van der Waals surface area contributed by atoms with E-state index in [1.54, 1.807) is 0 Å². The summed E-state index contributed by atoms with van der Waals surface area (Å²) in [4.78, 5) is 4.26. The van der Waals surface area contributed by atoms with Gasteiger partial charge in [0, 0.05) is 17.5 Å². The Bertz CT molecular complexity index is 305. The van der Waals surface area contributed by atoms with Crippen LogP contribution in [0.4, 0.5) is 0 Å². The minimum atomic E-state index is 0.479. The van der Waals surface area contributed by atoms with Gasteiger partial charge in [-0.05, 0) is 32.3 Å². The average molecular weight is 177 g/mol. The van der Waals surface area contributed by atoms with Gasteiger partial charge in [0.1, 0.15) is 5.75 Å². The van der Waals surface area contributed by atoms with Gasteiger partial charge in [-0.25, -0.2) is 0 Å². The molecule has 0 N–H and O–H groups in total. The summed E-state index contributed by atoms with van der Waals surface area (Å²) >= 11 is 0. The number of aromatic nitrogens is 1. The quantitative estimate of drug-likeness (QED) is 0.707. The van der Waals surface area contributed by atoms with Crippen LogP contribution in [0.15, 0.2) is 12.3 Å². The summed E-state index contributed by atoms with van der Waals surface area (Å²) in [5.41, 5.74) is 2.36. The first-order valence-corrected chi connectivity index (χ1v) is 4.92. The number of pyridine rings is 1. The second kappa shape index (κ2) is 3.36. The van der Waals surface area contributed by atoms with Gasteiger partial charge in [0.15, 0.2) is 0 Å². The van der Waals surface area contributed by atoms with Crippen LogP contribution in [-0.2, 0) is 6.42 Å². The summed E-state index contributed by atoms with van der Waals surface area (Å²) in [6.45, 7) is 4.18. The summed E-state index contributed by atoms with van der Waals surface area (Å²) in [6.07, 6.45) is 5.73. The van der Waals surface area contributed by atoms with Crippen molar-refractivity contribution in [3.8, 4) is 5.75 Å². The molecule has 0 unspecified atom stereocenters. The molecule has 1 heterocycles. The molecule has 2 rings (SSSR count). The third-order valence-electron chi connectivity index (χ3n) is 2.40. The van der Waals surface area contributed by atoms with E-state index in [0.717, 1.165) is 17.9 Å². The van der Waals surface area contributed by atoms with E-state index in [2.05, 4.69) is 11.9 Å². The molecule has 0 amide bonds. The predicted octanol–water partition coefficient (Wildman–Crippen LogP) is 2.49. The van der Waals surface area contributed by atoms with Gasteiger partial charge in [-0.3, -0.25) is 4.98 Å². The maximum absolute atomic E-state index is 5.79.